The maximum atomic E-state index is 9.13. The van der Waals surface area contributed by atoms with E-state index < -0.39 is 6.10 Å². The van der Waals surface area contributed by atoms with Gasteiger partial charge in [-0.2, -0.15) is 0 Å². The van der Waals surface area contributed by atoms with E-state index in [9.17, 15) is 0 Å². The molecule has 2 N–H and O–H groups in total. The van der Waals surface area contributed by atoms with Gasteiger partial charge in [-0.05, 0) is 27.2 Å². The molecule has 0 saturated heterocycles. The summed E-state index contributed by atoms with van der Waals surface area (Å²) in [5, 5.41) is 17.6. The molecule has 11 heavy (non-hydrogen) atoms. The van der Waals surface area contributed by atoms with Gasteiger partial charge in [0.05, 0.1) is 18.3 Å². The molecule has 0 saturated carbocycles. The first-order chi connectivity index (χ1) is 4.95. The van der Waals surface area contributed by atoms with Crippen molar-refractivity contribution in [3.63, 3.8) is 0 Å². The molecular formula is C8H18O3. The third-order valence-electron chi connectivity index (χ3n) is 1.17. The highest BCUT2D eigenvalue weighted by Crippen LogP contribution is 2.07. The lowest BCUT2D eigenvalue weighted by molar-refractivity contribution is -0.0534. The van der Waals surface area contributed by atoms with Crippen LogP contribution < -0.4 is 0 Å². The molecule has 1 atom stereocenters. The monoisotopic (exact) mass is 162 g/mol. The van der Waals surface area contributed by atoms with Gasteiger partial charge in [0.2, 0.25) is 0 Å². The topological polar surface area (TPSA) is 49.7 Å². The van der Waals surface area contributed by atoms with Gasteiger partial charge in [0, 0.05) is 6.61 Å². The summed E-state index contributed by atoms with van der Waals surface area (Å²) in [5.74, 6) is 0. The molecule has 3 heteroatoms. The molecule has 0 aliphatic rings. The fourth-order valence-electron chi connectivity index (χ4n) is 0.579. The maximum absolute atomic E-state index is 9.13. The molecule has 0 aromatic heterocycles. The van der Waals surface area contributed by atoms with Crippen LogP contribution in [0, 0.1) is 0 Å². The summed E-state index contributed by atoms with van der Waals surface area (Å²) in [6.07, 6.45) is -0.157. The number of aliphatic hydroxyl groups excluding tert-OH is 2. The molecule has 0 aliphatic carbocycles. The number of hydrogen-bond acceptors (Lipinski definition) is 3. The molecule has 0 bridgehead atoms. The first-order valence-electron chi connectivity index (χ1n) is 3.88. The predicted molar refractivity (Wildman–Crippen MR) is 43.4 cm³/mol. The Hall–Kier alpha value is -0.120. The summed E-state index contributed by atoms with van der Waals surface area (Å²) < 4.78 is 5.28. The second kappa shape index (κ2) is 4.70. The molecule has 0 heterocycles. The second-order valence-corrected chi connectivity index (χ2v) is 3.59. The average molecular weight is 162 g/mol. The lowest BCUT2D eigenvalue weighted by atomic mass is 10.2. The molecule has 0 rings (SSSR count). The molecule has 68 valence electrons. The molecule has 0 fully saturated rings. The van der Waals surface area contributed by atoms with Crippen LogP contribution in [0.15, 0.2) is 0 Å². The zero-order valence-electron chi connectivity index (χ0n) is 7.50. The highest BCUT2D eigenvalue weighted by molar-refractivity contribution is 4.61. The van der Waals surface area contributed by atoms with E-state index in [0.29, 0.717) is 13.0 Å². The molecule has 0 aromatic carbocycles. The van der Waals surface area contributed by atoms with E-state index in [2.05, 4.69) is 0 Å². The van der Waals surface area contributed by atoms with Crippen molar-refractivity contribution in [1.29, 1.82) is 0 Å². The summed E-state index contributed by atoms with van der Waals surface area (Å²) >= 11 is 0. The second-order valence-electron chi connectivity index (χ2n) is 3.59. The summed E-state index contributed by atoms with van der Waals surface area (Å²) in [5.41, 5.74) is -0.212. The van der Waals surface area contributed by atoms with Crippen molar-refractivity contribution in [1.82, 2.24) is 0 Å². The fourth-order valence-corrected chi connectivity index (χ4v) is 0.579. The van der Waals surface area contributed by atoms with Crippen molar-refractivity contribution in [2.75, 3.05) is 13.2 Å². The van der Waals surface area contributed by atoms with Gasteiger partial charge in [-0.1, -0.05) is 0 Å². The van der Waals surface area contributed by atoms with Crippen LogP contribution in [0.25, 0.3) is 0 Å². The normalized spacial score (nSPS) is 15.0. The first kappa shape index (κ1) is 10.9. The Kier molecular flexibility index (Phi) is 4.65. The van der Waals surface area contributed by atoms with Crippen LogP contribution in [0.5, 0.6) is 0 Å². The van der Waals surface area contributed by atoms with Crippen LogP contribution in [0.2, 0.25) is 0 Å². The van der Waals surface area contributed by atoms with Crippen LogP contribution in [0.4, 0.5) is 0 Å². The van der Waals surface area contributed by atoms with E-state index in [0.717, 1.165) is 0 Å². The summed E-state index contributed by atoms with van der Waals surface area (Å²) in [7, 11) is 0. The molecular weight excluding hydrogens is 144 g/mol. The van der Waals surface area contributed by atoms with E-state index in [1.54, 1.807) is 0 Å². The Labute approximate surface area is 68.0 Å². The summed E-state index contributed by atoms with van der Waals surface area (Å²) in [6, 6.07) is 0. The van der Waals surface area contributed by atoms with Crippen molar-refractivity contribution < 1.29 is 14.9 Å². The van der Waals surface area contributed by atoms with Crippen molar-refractivity contribution in [3.8, 4) is 0 Å². The molecule has 0 aromatic rings. The Morgan fingerprint density at radius 1 is 1.36 bits per heavy atom. The van der Waals surface area contributed by atoms with Gasteiger partial charge >= 0.3 is 0 Å². The SMILES string of the molecule is CC(C)(C)OC[C@@H](O)CCO. The number of ether oxygens (including phenoxy) is 1. The minimum Gasteiger partial charge on any atom is -0.396 e. The van der Waals surface area contributed by atoms with Gasteiger partial charge in [-0.3, -0.25) is 0 Å². The highest BCUT2D eigenvalue weighted by atomic mass is 16.5. The highest BCUT2D eigenvalue weighted by Gasteiger charge is 2.12. The molecule has 0 radical (unpaired) electrons. The molecule has 3 nitrogen and oxygen atoms in total. The average Bonchev–Trinajstić information content (AvgIpc) is 1.83. The lowest BCUT2D eigenvalue weighted by Crippen LogP contribution is -2.26. The van der Waals surface area contributed by atoms with Crippen LogP contribution >= 0.6 is 0 Å². The number of aliphatic hydroxyl groups is 2. The Bertz CT molecular complexity index is 96.0. The smallest absolute Gasteiger partial charge is 0.0795 e. The minimum atomic E-state index is -0.542. The Balaban J connectivity index is 3.38. The van der Waals surface area contributed by atoms with E-state index in [-0.39, 0.29) is 12.2 Å². The van der Waals surface area contributed by atoms with Gasteiger partial charge < -0.3 is 14.9 Å². The minimum absolute atomic E-state index is 0.00860. The number of hydrogen-bond donors (Lipinski definition) is 2. The van der Waals surface area contributed by atoms with E-state index in [4.69, 9.17) is 14.9 Å². The van der Waals surface area contributed by atoms with E-state index in [1.807, 2.05) is 20.8 Å². The van der Waals surface area contributed by atoms with E-state index >= 15 is 0 Å². The number of rotatable bonds is 4. The zero-order chi connectivity index (χ0) is 8.91. The van der Waals surface area contributed by atoms with E-state index in [1.165, 1.54) is 0 Å². The summed E-state index contributed by atoms with van der Waals surface area (Å²) in [4.78, 5) is 0. The first-order valence-corrected chi connectivity index (χ1v) is 3.88. The van der Waals surface area contributed by atoms with Gasteiger partial charge in [-0.15, -0.1) is 0 Å². The third kappa shape index (κ3) is 7.78. The molecule has 0 aliphatic heterocycles. The van der Waals surface area contributed by atoms with Crippen molar-refractivity contribution in [2.24, 2.45) is 0 Å². The molecule has 0 spiro atoms. The Morgan fingerprint density at radius 3 is 2.27 bits per heavy atom. The predicted octanol–water partition coefficient (Wildman–Crippen LogP) is 0.545. The van der Waals surface area contributed by atoms with Crippen molar-refractivity contribution >= 4 is 0 Å². The fraction of sp³-hybridized carbons (Fsp3) is 1.00. The zero-order valence-corrected chi connectivity index (χ0v) is 7.50. The quantitative estimate of drug-likeness (QED) is 0.634. The Morgan fingerprint density at radius 2 is 1.91 bits per heavy atom. The van der Waals surface area contributed by atoms with Gasteiger partial charge in [0.1, 0.15) is 0 Å². The largest absolute Gasteiger partial charge is 0.396 e. The van der Waals surface area contributed by atoms with Crippen LogP contribution in [0.3, 0.4) is 0 Å². The maximum Gasteiger partial charge on any atom is 0.0795 e. The standard InChI is InChI=1S/C8H18O3/c1-8(2,3)11-6-7(10)4-5-9/h7,9-10H,4-6H2,1-3H3/t7-/m0/s1. The summed E-state index contributed by atoms with van der Waals surface area (Å²) in [6.45, 7) is 6.09. The lowest BCUT2D eigenvalue weighted by Gasteiger charge is -2.21. The van der Waals surface area contributed by atoms with Gasteiger partial charge in [0.25, 0.3) is 0 Å². The molecule has 0 amide bonds. The van der Waals surface area contributed by atoms with Crippen LogP contribution in [-0.4, -0.2) is 35.1 Å². The van der Waals surface area contributed by atoms with Crippen molar-refractivity contribution in [3.05, 3.63) is 0 Å². The molecule has 0 unspecified atom stereocenters. The van der Waals surface area contributed by atoms with Crippen LogP contribution in [-0.2, 0) is 4.74 Å². The van der Waals surface area contributed by atoms with Crippen molar-refractivity contribution in [2.45, 2.75) is 38.9 Å². The van der Waals surface area contributed by atoms with Gasteiger partial charge in [0.15, 0.2) is 0 Å². The van der Waals surface area contributed by atoms with Gasteiger partial charge in [-0.25, -0.2) is 0 Å². The third-order valence-corrected chi connectivity index (χ3v) is 1.17. The van der Waals surface area contributed by atoms with Crippen LogP contribution in [0.1, 0.15) is 27.2 Å².